The lowest BCUT2D eigenvalue weighted by atomic mass is 9.94. The van der Waals surface area contributed by atoms with Gasteiger partial charge < -0.3 is 39.8 Å². The van der Waals surface area contributed by atoms with Crippen molar-refractivity contribution in [3.05, 3.63) is 344 Å². The van der Waals surface area contributed by atoms with Crippen molar-refractivity contribution in [2.24, 2.45) is 5.73 Å². The molecule has 1 aliphatic carbocycles. The number of anilines is 2. The van der Waals surface area contributed by atoms with Gasteiger partial charge in [-0.3, -0.25) is 49.9 Å². The molecule has 0 unspecified atom stereocenters. The summed E-state index contributed by atoms with van der Waals surface area (Å²) >= 11 is 6.14. The molecule has 18 rings (SSSR count). The van der Waals surface area contributed by atoms with E-state index in [2.05, 4.69) is 132 Å². The summed E-state index contributed by atoms with van der Waals surface area (Å²) < 4.78 is 25.3. The maximum absolute atomic E-state index is 12.2. The number of methoxy groups -OCH3 is 1. The van der Waals surface area contributed by atoms with Gasteiger partial charge >= 0.3 is 12.0 Å². The molecule has 1 aliphatic rings. The number of Topliss-reactive ketones (excluding diaryl/α,β-unsaturated/α-hetero) is 1. The van der Waals surface area contributed by atoms with Gasteiger partial charge in [0.1, 0.15) is 34.5 Å². The highest BCUT2D eigenvalue weighted by molar-refractivity contribution is 6.34. The minimum Gasteiger partial charge on any atom is -0.478 e. The number of rotatable bonds is 24. The second-order valence-corrected chi connectivity index (χ2v) is 32.3. The van der Waals surface area contributed by atoms with E-state index in [0.717, 1.165) is 158 Å². The lowest BCUT2D eigenvalue weighted by Crippen LogP contribution is -2.14. The van der Waals surface area contributed by atoms with Crippen LogP contribution in [0.1, 0.15) is 191 Å². The van der Waals surface area contributed by atoms with E-state index in [1.807, 2.05) is 195 Å². The molecule has 28 nitrogen and oxygen atoms in total. The number of nitrogens with one attached hydrogen (secondary N) is 4. The van der Waals surface area contributed by atoms with Crippen LogP contribution < -0.4 is 21.1 Å². The first-order valence-corrected chi connectivity index (χ1v) is 42.7. The van der Waals surface area contributed by atoms with Crippen LogP contribution in [-0.4, -0.2) is 115 Å². The lowest BCUT2D eigenvalue weighted by Gasteiger charge is -2.20. The first-order valence-electron chi connectivity index (χ1n) is 42.3. The zero-order valence-corrected chi connectivity index (χ0v) is 75.0. The van der Waals surface area contributed by atoms with Crippen molar-refractivity contribution in [2.45, 2.75) is 133 Å². The van der Waals surface area contributed by atoms with Crippen LogP contribution in [0.5, 0.6) is 6.01 Å². The molecule has 5 aromatic carbocycles. The zero-order chi connectivity index (χ0) is 91.7. The number of ketones is 1. The van der Waals surface area contributed by atoms with Crippen LogP contribution in [0.2, 0.25) is 5.02 Å². The van der Waals surface area contributed by atoms with Crippen LogP contribution >= 0.6 is 11.6 Å². The van der Waals surface area contributed by atoms with E-state index in [1.165, 1.54) is 39.0 Å². The molecular formula is C101H96ClN21O7. The number of carbonyl (C=O) groups excluding carboxylic acids is 1. The third-order valence-corrected chi connectivity index (χ3v) is 22.9. The first-order chi connectivity index (χ1) is 62.7. The molecule has 0 bridgehead atoms. The minimum atomic E-state index is -1.14. The Morgan fingerprint density at radius 2 is 0.900 bits per heavy atom. The van der Waals surface area contributed by atoms with Crippen molar-refractivity contribution < 1.29 is 33.0 Å². The average Bonchev–Trinajstić information content (AvgIpc) is 1.60. The van der Waals surface area contributed by atoms with E-state index < -0.39 is 5.97 Å². The number of carboxylic acids is 1. The van der Waals surface area contributed by atoms with Crippen molar-refractivity contribution in [3.8, 4) is 61.9 Å². The highest BCUT2D eigenvalue weighted by Gasteiger charge is 2.29. The molecule has 0 spiro atoms. The number of hydrogen-bond donors (Lipinski definition) is 6. The Kier molecular flexibility index (Phi) is 26.8. The molecule has 1 saturated carbocycles. The topological polar surface area (TPSA) is 391 Å². The Bertz CT molecular complexity index is 6970. The van der Waals surface area contributed by atoms with E-state index in [9.17, 15) is 14.7 Å². The number of allylic oxidation sites excluding steroid dienone is 2. The predicted octanol–water partition coefficient (Wildman–Crippen LogP) is 21.4. The van der Waals surface area contributed by atoms with Crippen LogP contribution in [0.4, 0.5) is 11.4 Å². The number of aromatic nitrogens is 16. The normalized spacial score (nSPS) is 12.8. The van der Waals surface area contributed by atoms with Gasteiger partial charge in [-0.1, -0.05) is 93.8 Å². The number of nitrogens with two attached hydrogens (primary N) is 1. The fraction of sp³-hybridized carbons (Fsp3) is 0.208. The van der Waals surface area contributed by atoms with Gasteiger partial charge in [-0.2, -0.15) is 10.2 Å². The van der Waals surface area contributed by atoms with Gasteiger partial charge in [0.05, 0.1) is 104 Å². The Hall–Kier alpha value is -15.7. The maximum atomic E-state index is 12.2. The zero-order valence-electron chi connectivity index (χ0n) is 74.2. The number of ether oxygens (including phenoxy) is 1. The number of aryl methyl sites for hydroxylation is 7. The summed E-state index contributed by atoms with van der Waals surface area (Å²) in [6.45, 7) is 25.0. The van der Waals surface area contributed by atoms with E-state index >= 15 is 0 Å². The highest BCUT2D eigenvalue weighted by Crippen LogP contribution is 2.42. The molecule has 1 fully saturated rings. The van der Waals surface area contributed by atoms with E-state index in [4.69, 9.17) is 56.7 Å². The van der Waals surface area contributed by atoms with Crippen molar-refractivity contribution in [3.63, 3.8) is 0 Å². The Morgan fingerprint density at radius 3 is 1.32 bits per heavy atom. The SMILES string of the molecule is CC(=O)C(=C(C)N)c1ccc(C(=N)c2ccc(C(=O)O)c(Cl)c2)c(N[C@@H](C)c2ccccn2)c1.COc1ncc(C(=N)c2ccc(-c3c(C)noc3C)cc2N[C@@H](C)c2ccccn2)cn1.Cc1ccc(-c2nn([C@@H](C)c3ccccn3)c3cc(-c4c(C)noc4C)ccc23)cn1.Cc1noc(C)c1-c1ccc2c(-c3cnc(C4CC4)nc3)nn([C@@H](C)c3ccccn3)c2c1. The molecule has 17 aromatic rings. The average molecular weight is 1750 g/mol. The summed E-state index contributed by atoms with van der Waals surface area (Å²) in [5.41, 5.74) is 30.5. The highest BCUT2D eigenvalue weighted by atomic mass is 35.5. The quantitative estimate of drug-likeness (QED) is 0.0242. The summed E-state index contributed by atoms with van der Waals surface area (Å²) in [6.07, 6.45) is 18.3. The number of pyridine rings is 5. The summed E-state index contributed by atoms with van der Waals surface area (Å²) in [7, 11) is 1.51. The van der Waals surface area contributed by atoms with Crippen molar-refractivity contribution >= 4 is 73.5 Å². The van der Waals surface area contributed by atoms with Gasteiger partial charge in [0, 0.05) is 151 Å². The molecule has 7 N–H and O–H groups in total. The molecular weight excluding hydrogens is 1650 g/mol. The van der Waals surface area contributed by atoms with Crippen LogP contribution in [-0.2, 0) is 4.79 Å². The number of benzene rings is 5. The summed E-state index contributed by atoms with van der Waals surface area (Å²) in [5.74, 6) is 2.52. The molecule has 0 radical (unpaired) electrons. The largest absolute Gasteiger partial charge is 0.478 e. The molecule has 0 saturated heterocycles. The van der Waals surface area contributed by atoms with E-state index in [1.54, 1.807) is 56.0 Å². The van der Waals surface area contributed by atoms with Crippen molar-refractivity contribution in [1.82, 2.24) is 79.9 Å². The van der Waals surface area contributed by atoms with Gasteiger partial charge in [0.15, 0.2) is 5.78 Å². The summed E-state index contributed by atoms with van der Waals surface area (Å²) in [4.78, 5) is 63.5. The number of halogens is 1. The van der Waals surface area contributed by atoms with Gasteiger partial charge in [-0.25, -0.2) is 24.7 Å². The maximum Gasteiger partial charge on any atom is 0.337 e. The van der Waals surface area contributed by atoms with Crippen molar-refractivity contribution in [2.75, 3.05) is 17.7 Å². The third kappa shape index (κ3) is 19.5. The minimum absolute atomic E-state index is 0.0317. The van der Waals surface area contributed by atoms with Crippen LogP contribution in [0, 0.1) is 59.3 Å². The number of aromatic carboxylic acids is 1. The lowest BCUT2D eigenvalue weighted by molar-refractivity contribution is -0.111. The van der Waals surface area contributed by atoms with Gasteiger partial charge in [0.25, 0.3) is 0 Å². The monoisotopic (exact) mass is 1750 g/mol. The number of hydrogen-bond acceptors (Lipinski definition) is 25. The Balaban J connectivity index is 0.000000133. The molecule has 29 heteroatoms. The number of nitrogens with zero attached hydrogens (tertiary/aromatic N) is 16. The predicted molar refractivity (Wildman–Crippen MR) is 503 cm³/mol. The summed E-state index contributed by atoms with van der Waals surface area (Å²) in [6, 6.07) is 55.7. The van der Waals surface area contributed by atoms with Crippen LogP contribution in [0.3, 0.4) is 0 Å². The second-order valence-electron chi connectivity index (χ2n) is 31.9. The van der Waals surface area contributed by atoms with Gasteiger partial charge in [-0.05, 0) is 234 Å². The molecule has 130 heavy (non-hydrogen) atoms. The smallest absolute Gasteiger partial charge is 0.337 e. The van der Waals surface area contributed by atoms with Crippen LogP contribution in [0.25, 0.3) is 83.3 Å². The van der Waals surface area contributed by atoms with Crippen LogP contribution in [0.15, 0.2) is 251 Å². The number of carbonyl (C=O) groups is 2. The first kappa shape index (κ1) is 89.1. The van der Waals surface area contributed by atoms with Gasteiger partial charge in [-0.15, -0.1) is 0 Å². The van der Waals surface area contributed by atoms with E-state index in [-0.39, 0.29) is 52.3 Å². The molecule has 0 aliphatic heterocycles. The number of carboxylic acid groups (broad SMARTS) is 1. The molecule has 654 valence electrons. The third-order valence-electron chi connectivity index (χ3n) is 22.6. The number of fused-ring (bicyclic) bond motifs is 2. The molecule has 12 aromatic heterocycles. The fourth-order valence-electron chi connectivity index (χ4n) is 15.8. The van der Waals surface area contributed by atoms with Gasteiger partial charge in [0.2, 0.25) is 0 Å². The molecule has 4 atom stereocenters. The molecule has 12 heterocycles. The van der Waals surface area contributed by atoms with Crippen molar-refractivity contribution in [1.29, 1.82) is 10.8 Å². The Labute approximate surface area is 755 Å². The van der Waals surface area contributed by atoms with E-state index in [0.29, 0.717) is 50.8 Å². The standard InChI is InChI=1S/C26H25ClN4O3.C26H24N6O.C25H23N5O.C24H24N6O2/c1-14(28)24(16(3)32)17-7-10-20(23(13-17)31-15(2)22-6-4-5-11-30-22)25(29)18-8-9-19(26(33)34)21(27)12-18;1-15-24(17(3)33-31-15)19-9-10-21-23(12-19)32(16(2)22-6-4-5-11-27-22)30-25(21)20-13-28-26(29-14-20)18-7-8-18;1-15-8-9-20(14-27-15)25-21-11-10-19(24-16(2)29-31-18(24)4)13-23(21)30(28-25)17(3)22-7-5-6-12-26-22;1-14(20-7-5-6-10-26-20)29-21-11-17(22-15(2)30-32-16(22)3)8-9-19(21)23(25)18-12-27-24(31-4)28-13-18/h4-13,15,29,31H,28H2,1-3H3,(H,33,34);4-6,9-14,16,18H,7-8H2,1-3H3;5-14,17H,1-4H3;5-14,25,29H,1-4H3/t15-;16-;17-;14-/m0000/s1. The summed E-state index contributed by atoms with van der Waals surface area (Å²) in [5, 5.41) is 58.4. The fourth-order valence-corrected chi connectivity index (χ4v) is 16.0. The second kappa shape index (κ2) is 39.0. The molecule has 0 amide bonds. The Morgan fingerprint density at radius 1 is 0.477 bits per heavy atom.